The lowest BCUT2D eigenvalue weighted by Gasteiger charge is -2.36. The summed E-state index contributed by atoms with van der Waals surface area (Å²) in [4.78, 5) is 16.6. The first kappa shape index (κ1) is 16.7. The molecule has 1 unspecified atom stereocenters. The Kier molecular flexibility index (Phi) is 6.02. The number of hydrogen-bond acceptors (Lipinski definition) is 4. The van der Waals surface area contributed by atoms with E-state index in [-0.39, 0.29) is 11.4 Å². The maximum Gasteiger partial charge on any atom is 0.223 e. The fraction of sp³-hybridized carbons (Fsp3) is 0.938. The van der Waals surface area contributed by atoms with Gasteiger partial charge < -0.3 is 15.0 Å². The van der Waals surface area contributed by atoms with Crippen molar-refractivity contribution in [3.05, 3.63) is 0 Å². The number of hydrogen-bond donors (Lipinski definition) is 1. The Balaban J connectivity index is 1.62. The fourth-order valence-electron chi connectivity index (χ4n) is 2.96. The SMILES string of the molecule is CC(C)(C)NCCC(=O)N1CCN(CC2CCCO2)CC1. The molecule has 5 heteroatoms. The van der Waals surface area contributed by atoms with Crippen molar-refractivity contribution in [2.45, 2.75) is 51.7 Å². The van der Waals surface area contributed by atoms with Crippen LogP contribution in [-0.2, 0) is 9.53 Å². The average molecular weight is 297 g/mol. The predicted molar refractivity (Wildman–Crippen MR) is 84.4 cm³/mol. The molecule has 1 N–H and O–H groups in total. The van der Waals surface area contributed by atoms with Crippen molar-refractivity contribution in [3.63, 3.8) is 0 Å². The minimum absolute atomic E-state index is 0.0836. The minimum Gasteiger partial charge on any atom is -0.377 e. The maximum atomic E-state index is 12.2. The lowest BCUT2D eigenvalue weighted by Crippen LogP contribution is -2.51. The van der Waals surface area contributed by atoms with E-state index < -0.39 is 0 Å². The monoisotopic (exact) mass is 297 g/mol. The minimum atomic E-state index is 0.0836. The van der Waals surface area contributed by atoms with Gasteiger partial charge in [0.2, 0.25) is 5.91 Å². The summed E-state index contributed by atoms with van der Waals surface area (Å²) >= 11 is 0. The molecule has 0 saturated carbocycles. The summed E-state index contributed by atoms with van der Waals surface area (Å²) < 4.78 is 5.68. The Bertz CT molecular complexity index is 327. The molecule has 0 aromatic heterocycles. The van der Waals surface area contributed by atoms with E-state index in [1.165, 1.54) is 12.8 Å². The van der Waals surface area contributed by atoms with Crippen molar-refractivity contribution in [1.82, 2.24) is 15.1 Å². The normalized spacial score (nSPS) is 24.5. The standard InChI is InChI=1S/C16H31N3O2/c1-16(2,3)17-7-6-15(20)19-10-8-18(9-11-19)13-14-5-4-12-21-14/h14,17H,4-13H2,1-3H3. The third-order valence-corrected chi connectivity index (χ3v) is 4.21. The Morgan fingerprint density at radius 2 is 1.95 bits per heavy atom. The molecule has 2 heterocycles. The highest BCUT2D eigenvalue weighted by Crippen LogP contribution is 2.14. The van der Waals surface area contributed by atoms with E-state index in [0.29, 0.717) is 12.5 Å². The summed E-state index contributed by atoms with van der Waals surface area (Å²) in [6, 6.07) is 0. The van der Waals surface area contributed by atoms with Crippen molar-refractivity contribution in [2.24, 2.45) is 0 Å². The molecular formula is C16H31N3O2. The van der Waals surface area contributed by atoms with Gasteiger partial charge in [-0.2, -0.15) is 0 Å². The molecule has 0 radical (unpaired) electrons. The van der Waals surface area contributed by atoms with Crippen LogP contribution in [0.25, 0.3) is 0 Å². The van der Waals surface area contributed by atoms with Crippen LogP contribution < -0.4 is 5.32 Å². The van der Waals surface area contributed by atoms with Gasteiger partial charge in [-0.15, -0.1) is 0 Å². The van der Waals surface area contributed by atoms with Gasteiger partial charge in [-0.05, 0) is 33.6 Å². The number of carbonyl (C=O) groups is 1. The molecule has 0 aromatic rings. The van der Waals surface area contributed by atoms with Crippen LogP contribution in [0.5, 0.6) is 0 Å². The van der Waals surface area contributed by atoms with Crippen LogP contribution in [0.3, 0.4) is 0 Å². The zero-order valence-corrected chi connectivity index (χ0v) is 13.9. The van der Waals surface area contributed by atoms with Gasteiger partial charge in [-0.25, -0.2) is 0 Å². The van der Waals surface area contributed by atoms with Crippen molar-refractivity contribution in [2.75, 3.05) is 45.9 Å². The first-order chi connectivity index (χ1) is 9.94. The van der Waals surface area contributed by atoms with Crippen molar-refractivity contribution in [1.29, 1.82) is 0 Å². The molecule has 2 saturated heterocycles. The second kappa shape index (κ2) is 7.56. The highest BCUT2D eigenvalue weighted by Gasteiger charge is 2.24. The number of rotatable bonds is 5. The fourth-order valence-corrected chi connectivity index (χ4v) is 2.96. The summed E-state index contributed by atoms with van der Waals surface area (Å²) in [5.74, 6) is 0.281. The van der Waals surface area contributed by atoms with Crippen molar-refractivity contribution < 1.29 is 9.53 Å². The van der Waals surface area contributed by atoms with E-state index in [9.17, 15) is 4.79 Å². The summed E-state index contributed by atoms with van der Waals surface area (Å²) in [5.41, 5.74) is 0.0836. The topological polar surface area (TPSA) is 44.8 Å². The average Bonchev–Trinajstić information content (AvgIpc) is 2.91. The molecule has 0 spiro atoms. The van der Waals surface area contributed by atoms with Gasteiger partial charge in [0.25, 0.3) is 0 Å². The molecule has 5 nitrogen and oxygen atoms in total. The highest BCUT2D eigenvalue weighted by molar-refractivity contribution is 5.76. The van der Waals surface area contributed by atoms with Crippen LogP contribution in [0.4, 0.5) is 0 Å². The van der Waals surface area contributed by atoms with Gasteiger partial charge in [0.15, 0.2) is 0 Å². The van der Waals surface area contributed by atoms with Crippen molar-refractivity contribution >= 4 is 5.91 Å². The summed E-state index contributed by atoms with van der Waals surface area (Å²) in [5, 5.41) is 3.37. The Morgan fingerprint density at radius 1 is 1.24 bits per heavy atom. The van der Waals surface area contributed by atoms with E-state index in [2.05, 4.69) is 31.0 Å². The molecule has 0 bridgehead atoms. The zero-order valence-electron chi connectivity index (χ0n) is 13.9. The molecule has 0 aliphatic carbocycles. The Hall–Kier alpha value is -0.650. The largest absolute Gasteiger partial charge is 0.377 e. The number of nitrogens with zero attached hydrogens (tertiary/aromatic N) is 2. The molecule has 2 fully saturated rings. The molecule has 0 aromatic carbocycles. The van der Waals surface area contributed by atoms with E-state index >= 15 is 0 Å². The van der Waals surface area contributed by atoms with Crippen LogP contribution in [-0.4, -0.2) is 73.2 Å². The number of nitrogens with one attached hydrogen (secondary N) is 1. The first-order valence-electron chi connectivity index (χ1n) is 8.31. The lowest BCUT2D eigenvalue weighted by atomic mass is 10.1. The number of piperazine rings is 1. The van der Waals surface area contributed by atoms with Gasteiger partial charge >= 0.3 is 0 Å². The molecule has 2 aliphatic heterocycles. The number of carbonyl (C=O) groups excluding carboxylic acids is 1. The van der Waals surface area contributed by atoms with E-state index in [4.69, 9.17) is 4.74 Å². The highest BCUT2D eigenvalue weighted by atomic mass is 16.5. The number of ether oxygens (including phenoxy) is 1. The van der Waals surface area contributed by atoms with Gasteiger partial charge in [0, 0.05) is 57.8 Å². The van der Waals surface area contributed by atoms with E-state index in [1.54, 1.807) is 0 Å². The van der Waals surface area contributed by atoms with E-state index in [0.717, 1.165) is 45.9 Å². The smallest absolute Gasteiger partial charge is 0.223 e. The Labute approximate surface area is 129 Å². The summed E-state index contributed by atoms with van der Waals surface area (Å²) in [7, 11) is 0. The molecular weight excluding hydrogens is 266 g/mol. The van der Waals surface area contributed by atoms with Crippen LogP contribution in [0.2, 0.25) is 0 Å². The van der Waals surface area contributed by atoms with Gasteiger partial charge in [-0.1, -0.05) is 0 Å². The predicted octanol–water partition coefficient (Wildman–Crippen LogP) is 1.09. The zero-order chi connectivity index (χ0) is 15.3. The molecule has 2 rings (SSSR count). The van der Waals surface area contributed by atoms with Crippen molar-refractivity contribution in [3.8, 4) is 0 Å². The molecule has 2 aliphatic rings. The third kappa shape index (κ3) is 5.93. The first-order valence-corrected chi connectivity index (χ1v) is 8.31. The molecule has 1 atom stereocenters. The van der Waals surface area contributed by atoms with Crippen LogP contribution >= 0.6 is 0 Å². The quantitative estimate of drug-likeness (QED) is 0.825. The maximum absolute atomic E-state index is 12.2. The van der Waals surface area contributed by atoms with Gasteiger partial charge in [-0.3, -0.25) is 9.69 Å². The third-order valence-electron chi connectivity index (χ3n) is 4.21. The van der Waals surface area contributed by atoms with Crippen LogP contribution in [0, 0.1) is 0 Å². The molecule has 122 valence electrons. The van der Waals surface area contributed by atoms with Crippen LogP contribution in [0.1, 0.15) is 40.0 Å². The van der Waals surface area contributed by atoms with Crippen LogP contribution in [0.15, 0.2) is 0 Å². The lowest BCUT2D eigenvalue weighted by molar-refractivity contribution is -0.133. The second-order valence-electron chi connectivity index (χ2n) is 7.24. The molecule has 1 amide bonds. The Morgan fingerprint density at radius 3 is 2.52 bits per heavy atom. The summed E-state index contributed by atoms with van der Waals surface area (Å²) in [6.45, 7) is 12.8. The second-order valence-corrected chi connectivity index (χ2v) is 7.24. The molecule has 21 heavy (non-hydrogen) atoms. The van der Waals surface area contributed by atoms with E-state index in [1.807, 2.05) is 4.90 Å². The summed E-state index contributed by atoms with van der Waals surface area (Å²) in [6.07, 6.45) is 3.41. The van der Waals surface area contributed by atoms with Gasteiger partial charge in [0.1, 0.15) is 0 Å². The number of amides is 1. The van der Waals surface area contributed by atoms with Gasteiger partial charge in [0.05, 0.1) is 6.10 Å².